The van der Waals surface area contributed by atoms with Crippen LogP contribution in [-0.2, 0) is 4.79 Å². The lowest BCUT2D eigenvalue weighted by molar-refractivity contribution is -0.121. The minimum Gasteiger partial charge on any atom is -0.469 e. The van der Waals surface area contributed by atoms with Crippen LogP contribution in [0.3, 0.4) is 0 Å². The molecule has 1 aromatic heterocycles. The van der Waals surface area contributed by atoms with Crippen molar-refractivity contribution in [3.8, 4) is 0 Å². The summed E-state index contributed by atoms with van der Waals surface area (Å²) >= 11 is 0. The first-order valence-electron chi connectivity index (χ1n) is 5.39. The van der Waals surface area contributed by atoms with Crippen molar-refractivity contribution in [2.75, 3.05) is 0 Å². The zero-order valence-corrected chi connectivity index (χ0v) is 9.30. The molecule has 3 N–H and O–H groups in total. The molecule has 0 saturated carbocycles. The van der Waals surface area contributed by atoms with Gasteiger partial charge in [0.05, 0.1) is 12.2 Å². The Bertz CT molecular complexity index is 465. The van der Waals surface area contributed by atoms with Crippen molar-refractivity contribution in [1.82, 2.24) is 5.43 Å². The van der Waals surface area contributed by atoms with E-state index < -0.39 is 0 Å². The molecule has 88 valence electrons. The fourth-order valence-electron chi connectivity index (χ4n) is 1.80. The van der Waals surface area contributed by atoms with Crippen LogP contribution in [0.4, 0.5) is 0 Å². The number of hydrogen-bond donors (Lipinski definition) is 2. The topological polar surface area (TPSA) is 68.3 Å². The van der Waals surface area contributed by atoms with Gasteiger partial charge in [-0.2, -0.15) is 0 Å². The fraction of sp³-hybridized carbons (Fsp3) is 0.154. The number of nitrogens with one attached hydrogen (secondary N) is 1. The lowest BCUT2D eigenvalue weighted by atomic mass is 9.93. The van der Waals surface area contributed by atoms with E-state index in [9.17, 15) is 4.79 Å². The monoisotopic (exact) mass is 230 g/mol. The van der Waals surface area contributed by atoms with Crippen LogP contribution >= 0.6 is 0 Å². The van der Waals surface area contributed by atoms with E-state index in [4.69, 9.17) is 10.3 Å². The number of hydrogen-bond acceptors (Lipinski definition) is 3. The van der Waals surface area contributed by atoms with Gasteiger partial charge in [0.2, 0.25) is 5.91 Å². The summed E-state index contributed by atoms with van der Waals surface area (Å²) in [6.07, 6.45) is 1.87. The minimum atomic E-state index is -0.213. The molecule has 0 aliphatic rings. The first-order chi connectivity index (χ1) is 8.31. The van der Waals surface area contributed by atoms with E-state index in [-0.39, 0.29) is 18.2 Å². The van der Waals surface area contributed by atoms with E-state index >= 15 is 0 Å². The first kappa shape index (κ1) is 11.4. The maximum Gasteiger partial charge on any atom is 0.234 e. The molecule has 0 aliphatic carbocycles. The molecule has 2 rings (SSSR count). The molecule has 4 heteroatoms. The Balaban J connectivity index is 2.28. The number of furan rings is 1. The molecule has 1 atom stereocenters. The molecular weight excluding hydrogens is 216 g/mol. The highest BCUT2D eigenvalue weighted by molar-refractivity contribution is 5.76. The van der Waals surface area contributed by atoms with Gasteiger partial charge >= 0.3 is 0 Å². The number of hydrazine groups is 1. The van der Waals surface area contributed by atoms with Gasteiger partial charge in [-0.05, 0) is 17.7 Å². The van der Waals surface area contributed by atoms with Crippen molar-refractivity contribution in [2.24, 2.45) is 5.84 Å². The molecular formula is C13H14N2O2. The highest BCUT2D eigenvalue weighted by Gasteiger charge is 2.19. The van der Waals surface area contributed by atoms with Crippen LogP contribution < -0.4 is 11.3 Å². The maximum atomic E-state index is 11.4. The molecule has 0 fully saturated rings. The summed E-state index contributed by atoms with van der Waals surface area (Å²) in [7, 11) is 0. The van der Waals surface area contributed by atoms with Crippen LogP contribution in [0, 0.1) is 0 Å². The first-order valence-corrected chi connectivity index (χ1v) is 5.39. The van der Waals surface area contributed by atoms with Gasteiger partial charge in [0.1, 0.15) is 5.76 Å². The van der Waals surface area contributed by atoms with E-state index in [1.807, 2.05) is 42.5 Å². The number of rotatable bonds is 4. The summed E-state index contributed by atoms with van der Waals surface area (Å²) in [6.45, 7) is 0. The Morgan fingerprint density at radius 3 is 2.59 bits per heavy atom. The van der Waals surface area contributed by atoms with E-state index in [2.05, 4.69) is 5.43 Å². The van der Waals surface area contributed by atoms with Gasteiger partial charge in [0, 0.05) is 6.42 Å². The zero-order valence-electron chi connectivity index (χ0n) is 9.30. The molecule has 0 unspecified atom stereocenters. The van der Waals surface area contributed by atoms with Crippen LogP contribution in [0.15, 0.2) is 53.1 Å². The summed E-state index contributed by atoms with van der Waals surface area (Å²) in [5.41, 5.74) is 3.18. The standard InChI is InChI=1S/C13H14N2O2/c14-15-13(16)9-11(12-7-4-8-17-12)10-5-2-1-3-6-10/h1-8,11H,9,14H2,(H,15,16)/t11-/m0/s1. The molecule has 1 amide bonds. The molecule has 0 spiro atoms. The van der Waals surface area contributed by atoms with E-state index in [1.165, 1.54) is 0 Å². The molecule has 0 bridgehead atoms. The number of nitrogens with two attached hydrogens (primary N) is 1. The average molecular weight is 230 g/mol. The van der Waals surface area contributed by atoms with Crippen molar-refractivity contribution >= 4 is 5.91 Å². The third-order valence-corrected chi connectivity index (χ3v) is 2.64. The third-order valence-electron chi connectivity index (χ3n) is 2.64. The summed E-state index contributed by atoms with van der Waals surface area (Å²) in [6, 6.07) is 13.4. The van der Waals surface area contributed by atoms with E-state index in [0.29, 0.717) is 0 Å². The minimum absolute atomic E-state index is 0.102. The number of benzene rings is 1. The molecule has 0 aliphatic heterocycles. The quantitative estimate of drug-likeness (QED) is 0.478. The van der Waals surface area contributed by atoms with Crippen molar-refractivity contribution in [3.63, 3.8) is 0 Å². The highest BCUT2D eigenvalue weighted by atomic mass is 16.3. The van der Waals surface area contributed by atoms with Crippen LogP contribution in [0.5, 0.6) is 0 Å². The van der Waals surface area contributed by atoms with Gasteiger partial charge in [-0.25, -0.2) is 5.84 Å². The summed E-state index contributed by atoms with van der Waals surface area (Å²) < 4.78 is 5.37. The van der Waals surface area contributed by atoms with Gasteiger partial charge in [0.15, 0.2) is 0 Å². The highest BCUT2D eigenvalue weighted by Crippen LogP contribution is 2.27. The molecule has 0 saturated heterocycles. The molecule has 0 radical (unpaired) electrons. The lowest BCUT2D eigenvalue weighted by Gasteiger charge is -2.13. The Morgan fingerprint density at radius 2 is 2.00 bits per heavy atom. The van der Waals surface area contributed by atoms with Gasteiger partial charge in [-0.3, -0.25) is 10.2 Å². The van der Waals surface area contributed by atoms with Crippen LogP contribution in [-0.4, -0.2) is 5.91 Å². The number of carbonyl (C=O) groups is 1. The van der Waals surface area contributed by atoms with Gasteiger partial charge in [0.25, 0.3) is 0 Å². The van der Waals surface area contributed by atoms with Crippen LogP contribution in [0.25, 0.3) is 0 Å². The second-order valence-electron chi connectivity index (χ2n) is 3.75. The Morgan fingerprint density at radius 1 is 1.24 bits per heavy atom. The van der Waals surface area contributed by atoms with Crippen molar-refractivity contribution in [3.05, 3.63) is 60.1 Å². The van der Waals surface area contributed by atoms with Gasteiger partial charge in [-0.15, -0.1) is 0 Å². The zero-order chi connectivity index (χ0) is 12.1. The molecule has 2 aromatic rings. The molecule has 4 nitrogen and oxygen atoms in total. The SMILES string of the molecule is NNC(=O)C[C@@H](c1ccccc1)c1ccco1. The smallest absolute Gasteiger partial charge is 0.234 e. The molecule has 1 aromatic carbocycles. The fourth-order valence-corrected chi connectivity index (χ4v) is 1.80. The second kappa shape index (κ2) is 5.32. The summed E-state index contributed by atoms with van der Waals surface area (Å²) in [5.74, 6) is 5.57. The van der Waals surface area contributed by atoms with Crippen LogP contribution in [0.1, 0.15) is 23.7 Å². The normalized spacial score (nSPS) is 12.1. The van der Waals surface area contributed by atoms with Crippen molar-refractivity contribution in [1.29, 1.82) is 0 Å². The Kier molecular flexibility index (Phi) is 3.57. The van der Waals surface area contributed by atoms with E-state index in [1.54, 1.807) is 6.26 Å². The Hall–Kier alpha value is -2.07. The Labute approximate surface area is 99.4 Å². The predicted molar refractivity (Wildman–Crippen MR) is 63.9 cm³/mol. The van der Waals surface area contributed by atoms with Crippen molar-refractivity contribution < 1.29 is 9.21 Å². The average Bonchev–Trinajstić information content (AvgIpc) is 2.90. The van der Waals surface area contributed by atoms with Crippen LogP contribution in [0.2, 0.25) is 0 Å². The summed E-state index contributed by atoms with van der Waals surface area (Å²) in [4.78, 5) is 11.4. The second-order valence-corrected chi connectivity index (χ2v) is 3.75. The van der Waals surface area contributed by atoms with E-state index in [0.717, 1.165) is 11.3 Å². The van der Waals surface area contributed by atoms with Crippen molar-refractivity contribution in [2.45, 2.75) is 12.3 Å². The lowest BCUT2D eigenvalue weighted by Crippen LogP contribution is -2.31. The number of carbonyl (C=O) groups excluding carboxylic acids is 1. The largest absolute Gasteiger partial charge is 0.469 e. The molecule has 1 heterocycles. The van der Waals surface area contributed by atoms with Gasteiger partial charge < -0.3 is 4.42 Å². The third kappa shape index (κ3) is 2.73. The summed E-state index contributed by atoms with van der Waals surface area (Å²) in [5, 5.41) is 0. The number of amides is 1. The van der Waals surface area contributed by atoms with Gasteiger partial charge in [-0.1, -0.05) is 30.3 Å². The maximum absolute atomic E-state index is 11.4. The predicted octanol–water partition coefficient (Wildman–Crippen LogP) is 1.79. The molecule has 17 heavy (non-hydrogen) atoms.